The molecular weight excluding hydrogens is 324 g/mol. The van der Waals surface area contributed by atoms with Crippen LogP contribution in [0.2, 0.25) is 0 Å². The molecule has 0 unspecified atom stereocenters. The molecule has 2 aromatic rings. The van der Waals surface area contributed by atoms with Crippen molar-refractivity contribution >= 4 is 17.2 Å². The molecule has 1 aliphatic heterocycles. The van der Waals surface area contributed by atoms with Crippen molar-refractivity contribution in [1.82, 2.24) is 9.88 Å². The van der Waals surface area contributed by atoms with E-state index in [2.05, 4.69) is 27.2 Å². The Kier molecular flexibility index (Phi) is 5.79. The summed E-state index contributed by atoms with van der Waals surface area (Å²) in [5.41, 5.74) is 8.02. The Morgan fingerprint density at radius 3 is 2.83 bits per heavy atom. The lowest BCUT2D eigenvalue weighted by Gasteiger charge is -2.25. The lowest BCUT2D eigenvalue weighted by Crippen LogP contribution is -2.41. The number of oxime groups is 1. The van der Waals surface area contributed by atoms with Crippen LogP contribution in [-0.4, -0.2) is 48.6 Å². The van der Waals surface area contributed by atoms with E-state index in [-0.39, 0.29) is 0 Å². The molecule has 2 heterocycles. The number of rotatable bonds is 6. The van der Waals surface area contributed by atoms with Crippen LogP contribution in [0.1, 0.15) is 10.6 Å². The van der Waals surface area contributed by atoms with Crippen LogP contribution >= 0.6 is 11.3 Å². The fourth-order valence-corrected chi connectivity index (χ4v) is 3.43. The molecule has 128 valence electrons. The number of morpholine rings is 1. The maximum Gasteiger partial charge on any atom is 0.153 e. The number of ether oxygens (including phenoxy) is 1. The quantitative estimate of drug-likeness (QED) is 0.493. The second-order valence-corrected chi connectivity index (χ2v) is 6.72. The van der Waals surface area contributed by atoms with Gasteiger partial charge in [-0.2, -0.15) is 0 Å². The van der Waals surface area contributed by atoms with Crippen molar-refractivity contribution in [3.8, 4) is 10.6 Å². The molecule has 24 heavy (non-hydrogen) atoms. The fraction of sp³-hybridized carbons (Fsp3) is 0.412. The van der Waals surface area contributed by atoms with Crippen molar-refractivity contribution in [3.63, 3.8) is 0 Å². The van der Waals surface area contributed by atoms with Gasteiger partial charge in [0.15, 0.2) is 12.4 Å². The van der Waals surface area contributed by atoms with Crippen LogP contribution in [0.3, 0.4) is 0 Å². The number of hydrogen-bond donors (Lipinski definition) is 1. The second-order valence-electron chi connectivity index (χ2n) is 5.64. The number of aromatic nitrogens is 1. The van der Waals surface area contributed by atoms with Gasteiger partial charge < -0.3 is 15.3 Å². The van der Waals surface area contributed by atoms with Crippen molar-refractivity contribution in [1.29, 1.82) is 0 Å². The zero-order valence-corrected chi connectivity index (χ0v) is 14.6. The summed E-state index contributed by atoms with van der Waals surface area (Å²) in [6.07, 6.45) is 0. The Bertz CT molecular complexity index is 681. The van der Waals surface area contributed by atoms with Crippen LogP contribution in [0.25, 0.3) is 10.6 Å². The summed E-state index contributed by atoms with van der Waals surface area (Å²) < 4.78 is 5.31. The van der Waals surface area contributed by atoms with E-state index in [4.69, 9.17) is 15.3 Å². The highest BCUT2D eigenvalue weighted by molar-refractivity contribution is 7.15. The van der Waals surface area contributed by atoms with Crippen molar-refractivity contribution in [3.05, 3.63) is 40.9 Å². The summed E-state index contributed by atoms with van der Waals surface area (Å²) in [7, 11) is 0. The maximum atomic E-state index is 5.93. The minimum absolute atomic E-state index is 0.389. The smallest absolute Gasteiger partial charge is 0.153 e. The van der Waals surface area contributed by atoms with Gasteiger partial charge in [-0.1, -0.05) is 35.5 Å². The first-order valence-corrected chi connectivity index (χ1v) is 8.80. The van der Waals surface area contributed by atoms with Gasteiger partial charge >= 0.3 is 0 Å². The van der Waals surface area contributed by atoms with Gasteiger partial charge in [-0.25, -0.2) is 4.98 Å². The molecule has 1 aromatic heterocycles. The van der Waals surface area contributed by atoms with E-state index in [1.165, 1.54) is 0 Å². The van der Waals surface area contributed by atoms with E-state index >= 15 is 0 Å². The topological polar surface area (TPSA) is 73.0 Å². The number of nitrogens with two attached hydrogens (primary N) is 1. The lowest BCUT2D eigenvalue weighted by atomic mass is 10.2. The van der Waals surface area contributed by atoms with Gasteiger partial charge in [-0.3, -0.25) is 4.90 Å². The van der Waals surface area contributed by atoms with Crippen LogP contribution in [0.5, 0.6) is 0 Å². The average Bonchev–Trinajstić information content (AvgIpc) is 2.98. The van der Waals surface area contributed by atoms with E-state index in [0.717, 1.165) is 47.4 Å². The van der Waals surface area contributed by atoms with Gasteiger partial charge in [0.25, 0.3) is 0 Å². The Morgan fingerprint density at radius 1 is 1.33 bits per heavy atom. The molecular formula is C17H22N4O2S. The predicted octanol–water partition coefficient (Wildman–Crippen LogP) is 2.24. The van der Waals surface area contributed by atoms with Crippen molar-refractivity contribution in [2.45, 2.75) is 13.5 Å². The Morgan fingerprint density at radius 2 is 2.08 bits per heavy atom. The molecule has 0 aliphatic carbocycles. The Balaban J connectivity index is 1.54. The van der Waals surface area contributed by atoms with Crippen molar-refractivity contribution in [2.24, 2.45) is 10.9 Å². The molecule has 2 N–H and O–H groups in total. The molecule has 0 bridgehead atoms. The lowest BCUT2D eigenvalue weighted by molar-refractivity contribution is 0.0443. The minimum atomic E-state index is 0.389. The SMILES string of the molecule is Cc1nc(-c2ccccc2)sc1CO/N=C(/N)CN1CCOCC1. The molecule has 7 heteroatoms. The van der Waals surface area contributed by atoms with Crippen LogP contribution < -0.4 is 5.73 Å². The number of amidine groups is 1. The molecule has 0 atom stereocenters. The highest BCUT2D eigenvalue weighted by Crippen LogP contribution is 2.28. The van der Waals surface area contributed by atoms with Crippen LogP contribution in [0.15, 0.2) is 35.5 Å². The predicted molar refractivity (Wildman–Crippen MR) is 96.0 cm³/mol. The van der Waals surface area contributed by atoms with E-state index < -0.39 is 0 Å². The molecule has 1 saturated heterocycles. The summed E-state index contributed by atoms with van der Waals surface area (Å²) in [5.74, 6) is 0.488. The molecule has 1 fully saturated rings. The molecule has 1 aromatic carbocycles. The van der Waals surface area contributed by atoms with Crippen molar-refractivity contribution < 1.29 is 9.57 Å². The van der Waals surface area contributed by atoms with Crippen LogP contribution in [0, 0.1) is 6.92 Å². The molecule has 6 nitrogen and oxygen atoms in total. The first-order chi connectivity index (χ1) is 11.7. The standard InChI is InChI=1S/C17H22N4O2S/c1-13-15(24-17(19-13)14-5-3-2-4-6-14)12-23-20-16(18)11-21-7-9-22-10-8-21/h2-6H,7-12H2,1H3,(H2,18,20). The number of nitrogens with zero attached hydrogens (tertiary/aromatic N) is 3. The normalized spacial score (nSPS) is 16.3. The van der Waals surface area contributed by atoms with Gasteiger partial charge in [0, 0.05) is 18.7 Å². The summed E-state index contributed by atoms with van der Waals surface area (Å²) in [5, 5.41) is 5.02. The molecule has 0 saturated carbocycles. The number of hydrogen-bond acceptors (Lipinski definition) is 6. The highest BCUT2D eigenvalue weighted by atomic mass is 32.1. The van der Waals surface area contributed by atoms with Crippen molar-refractivity contribution in [2.75, 3.05) is 32.8 Å². The largest absolute Gasteiger partial charge is 0.389 e. The second kappa shape index (κ2) is 8.23. The molecule has 3 rings (SSSR count). The third kappa shape index (κ3) is 4.53. The van der Waals surface area contributed by atoms with Gasteiger partial charge in [0.1, 0.15) is 5.01 Å². The highest BCUT2D eigenvalue weighted by Gasteiger charge is 2.12. The van der Waals surface area contributed by atoms with Crippen LogP contribution in [0.4, 0.5) is 0 Å². The van der Waals surface area contributed by atoms with Gasteiger partial charge in [-0.05, 0) is 6.92 Å². The number of aryl methyl sites for hydroxylation is 1. The Hall–Kier alpha value is -1.96. The molecule has 0 spiro atoms. The summed E-state index contributed by atoms with van der Waals surface area (Å²) in [4.78, 5) is 13.3. The van der Waals surface area contributed by atoms with E-state index in [1.54, 1.807) is 11.3 Å². The van der Waals surface area contributed by atoms with Crippen LogP contribution in [-0.2, 0) is 16.2 Å². The summed E-state index contributed by atoms with van der Waals surface area (Å²) >= 11 is 1.63. The maximum absolute atomic E-state index is 5.93. The number of benzene rings is 1. The van der Waals surface area contributed by atoms with Gasteiger partial charge in [-0.15, -0.1) is 11.3 Å². The first kappa shape index (κ1) is 16.9. The van der Waals surface area contributed by atoms with E-state index in [1.807, 2.05) is 25.1 Å². The fourth-order valence-electron chi connectivity index (χ4n) is 2.46. The summed E-state index contributed by atoms with van der Waals surface area (Å²) in [6, 6.07) is 10.1. The first-order valence-electron chi connectivity index (χ1n) is 7.98. The minimum Gasteiger partial charge on any atom is -0.389 e. The zero-order valence-electron chi connectivity index (χ0n) is 13.8. The molecule has 0 radical (unpaired) electrons. The molecule has 1 aliphatic rings. The van der Waals surface area contributed by atoms with E-state index in [0.29, 0.717) is 19.0 Å². The monoisotopic (exact) mass is 346 g/mol. The number of thiazole rings is 1. The zero-order chi connectivity index (χ0) is 16.8. The summed E-state index contributed by atoms with van der Waals surface area (Å²) in [6.45, 7) is 6.24. The third-order valence-corrected chi connectivity index (χ3v) is 4.96. The average molecular weight is 346 g/mol. The third-order valence-electron chi connectivity index (χ3n) is 3.78. The van der Waals surface area contributed by atoms with Gasteiger partial charge in [0.2, 0.25) is 0 Å². The Labute approximate surface area is 145 Å². The molecule has 0 amide bonds. The van der Waals surface area contributed by atoms with E-state index in [9.17, 15) is 0 Å². The van der Waals surface area contributed by atoms with Gasteiger partial charge in [0.05, 0.1) is 30.3 Å².